The fraction of sp³-hybridized carbons (Fsp3) is 0.538. The molecular formula is C13H18N4O3. The van der Waals surface area contributed by atoms with Gasteiger partial charge in [-0.1, -0.05) is 6.42 Å². The Balaban J connectivity index is 2.31. The van der Waals surface area contributed by atoms with Gasteiger partial charge in [0.25, 0.3) is 5.56 Å². The first-order valence-corrected chi connectivity index (χ1v) is 6.66. The second-order valence-electron chi connectivity index (χ2n) is 4.84. The number of aryl methyl sites for hydroxylation is 2. The van der Waals surface area contributed by atoms with Gasteiger partial charge < -0.3 is 9.78 Å². The minimum absolute atomic E-state index is 0.334. The lowest BCUT2D eigenvalue weighted by molar-refractivity contribution is -0.107. The Labute approximate surface area is 115 Å². The molecule has 0 aliphatic carbocycles. The Bertz CT molecular complexity index is 738. The standard InChI is InChI=1S/C13H18N4O3/c1-9-14-10-11(15-9)16(2)13(20)17(12(10)19)7-5-3-4-6-8-18/h8H,3-7H2,1-2H3,(H,14,15). The molecule has 0 aliphatic heterocycles. The third-order valence-electron chi connectivity index (χ3n) is 3.30. The van der Waals surface area contributed by atoms with Crippen molar-refractivity contribution in [2.45, 2.75) is 39.2 Å². The van der Waals surface area contributed by atoms with E-state index in [0.717, 1.165) is 19.1 Å². The smallest absolute Gasteiger partial charge is 0.332 e. The highest BCUT2D eigenvalue weighted by molar-refractivity contribution is 5.69. The molecular weight excluding hydrogens is 260 g/mol. The average Bonchev–Trinajstić information content (AvgIpc) is 2.82. The van der Waals surface area contributed by atoms with Crippen LogP contribution in [0.15, 0.2) is 9.59 Å². The number of H-pyrrole nitrogens is 1. The average molecular weight is 278 g/mol. The van der Waals surface area contributed by atoms with Crippen LogP contribution in [0.25, 0.3) is 11.2 Å². The second-order valence-corrected chi connectivity index (χ2v) is 4.84. The number of nitrogens with one attached hydrogen (secondary N) is 1. The van der Waals surface area contributed by atoms with E-state index in [4.69, 9.17) is 0 Å². The van der Waals surface area contributed by atoms with Crippen LogP contribution >= 0.6 is 0 Å². The van der Waals surface area contributed by atoms with Crippen LogP contribution in [0.3, 0.4) is 0 Å². The molecule has 0 fully saturated rings. The molecule has 1 N–H and O–H groups in total. The van der Waals surface area contributed by atoms with Gasteiger partial charge in [0.05, 0.1) is 0 Å². The van der Waals surface area contributed by atoms with Crippen LogP contribution in [-0.4, -0.2) is 25.4 Å². The molecule has 2 aromatic rings. The summed E-state index contributed by atoms with van der Waals surface area (Å²) in [5.74, 6) is 0.607. The molecule has 7 heteroatoms. The van der Waals surface area contributed by atoms with Crippen LogP contribution in [0, 0.1) is 6.92 Å². The number of carbonyl (C=O) groups is 1. The van der Waals surface area contributed by atoms with E-state index < -0.39 is 0 Å². The monoisotopic (exact) mass is 278 g/mol. The summed E-state index contributed by atoms with van der Waals surface area (Å²) in [6, 6.07) is 0. The molecule has 0 aliphatic rings. The van der Waals surface area contributed by atoms with Crippen LogP contribution < -0.4 is 11.2 Å². The quantitative estimate of drug-likeness (QED) is 0.615. The molecule has 0 radical (unpaired) electrons. The summed E-state index contributed by atoms with van der Waals surface area (Å²) in [6.07, 6.45) is 3.69. The largest absolute Gasteiger partial charge is 0.336 e. The molecule has 7 nitrogen and oxygen atoms in total. The maximum Gasteiger partial charge on any atom is 0.332 e. The molecule has 0 amide bonds. The maximum atomic E-state index is 12.3. The zero-order chi connectivity index (χ0) is 14.7. The van der Waals surface area contributed by atoms with E-state index in [1.807, 2.05) is 0 Å². The summed E-state index contributed by atoms with van der Waals surface area (Å²) in [5.41, 5.74) is 0.0515. The first-order valence-electron chi connectivity index (χ1n) is 6.66. The highest BCUT2D eigenvalue weighted by Gasteiger charge is 2.13. The van der Waals surface area contributed by atoms with Gasteiger partial charge in [0.15, 0.2) is 5.65 Å². The van der Waals surface area contributed by atoms with Crippen LogP contribution in [0.4, 0.5) is 0 Å². The van der Waals surface area contributed by atoms with Crippen molar-refractivity contribution in [3.8, 4) is 0 Å². The Morgan fingerprint density at radius 3 is 2.70 bits per heavy atom. The van der Waals surface area contributed by atoms with Crippen molar-refractivity contribution < 1.29 is 4.79 Å². The van der Waals surface area contributed by atoms with Gasteiger partial charge in [-0.25, -0.2) is 9.78 Å². The van der Waals surface area contributed by atoms with Crippen molar-refractivity contribution >= 4 is 17.5 Å². The minimum Gasteiger partial charge on any atom is -0.336 e. The van der Waals surface area contributed by atoms with Gasteiger partial charge in [0, 0.05) is 20.0 Å². The molecule has 0 unspecified atom stereocenters. The van der Waals surface area contributed by atoms with E-state index in [0.29, 0.717) is 36.4 Å². The number of rotatable bonds is 6. The summed E-state index contributed by atoms with van der Waals surface area (Å²) in [4.78, 5) is 41.7. The van der Waals surface area contributed by atoms with Crippen molar-refractivity contribution in [1.82, 2.24) is 19.1 Å². The van der Waals surface area contributed by atoms with Gasteiger partial charge in [0.2, 0.25) is 0 Å². The van der Waals surface area contributed by atoms with Crippen LogP contribution in [0.2, 0.25) is 0 Å². The lowest BCUT2D eigenvalue weighted by Crippen LogP contribution is -2.39. The highest BCUT2D eigenvalue weighted by atomic mass is 16.2. The number of aromatic amines is 1. The minimum atomic E-state index is -0.357. The first kappa shape index (κ1) is 14.2. The number of aromatic nitrogens is 4. The third-order valence-corrected chi connectivity index (χ3v) is 3.30. The molecule has 20 heavy (non-hydrogen) atoms. The Morgan fingerprint density at radius 2 is 2.00 bits per heavy atom. The molecule has 2 rings (SSSR count). The van der Waals surface area contributed by atoms with E-state index in [2.05, 4.69) is 9.97 Å². The fourth-order valence-electron chi connectivity index (χ4n) is 2.24. The van der Waals surface area contributed by atoms with Crippen molar-refractivity contribution in [1.29, 1.82) is 0 Å². The zero-order valence-electron chi connectivity index (χ0n) is 11.7. The van der Waals surface area contributed by atoms with Gasteiger partial charge >= 0.3 is 5.69 Å². The van der Waals surface area contributed by atoms with Crippen LogP contribution in [0.5, 0.6) is 0 Å². The second kappa shape index (κ2) is 5.85. The molecule has 0 atom stereocenters. The van der Waals surface area contributed by atoms with E-state index in [1.165, 1.54) is 9.13 Å². The van der Waals surface area contributed by atoms with Gasteiger partial charge in [0.1, 0.15) is 17.6 Å². The van der Waals surface area contributed by atoms with E-state index in [9.17, 15) is 14.4 Å². The zero-order valence-corrected chi connectivity index (χ0v) is 11.7. The molecule has 108 valence electrons. The van der Waals surface area contributed by atoms with Gasteiger partial charge in [-0.2, -0.15) is 0 Å². The number of fused-ring (bicyclic) bond motifs is 1. The Hall–Kier alpha value is -2.18. The number of aldehydes is 1. The number of imidazole rings is 1. The van der Waals surface area contributed by atoms with Crippen LogP contribution in [0.1, 0.15) is 31.5 Å². The van der Waals surface area contributed by atoms with Crippen molar-refractivity contribution in [2.24, 2.45) is 7.05 Å². The number of hydrogen-bond donors (Lipinski definition) is 1. The molecule has 2 aromatic heterocycles. The van der Waals surface area contributed by atoms with Crippen molar-refractivity contribution in [3.63, 3.8) is 0 Å². The predicted molar refractivity (Wildman–Crippen MR) is 74.9 cm³/mol. The van der Waals surface area contributed by atoms with E-state index >= 15 is 0 Å². The number of carbonyl (C=O) groups excluding carboxylic acids is 1. The Kier molecular flexibility index (Phi) is 4.16. The third kappa shape index (κ3) is 2.56. The van der Waals surface area contributed by atoms with Gasteiger partial charge in [-0.3, -0.25) is 13.9 Å². The number of nitrogens with zero attached hydrogens (tertiary/aromatic N) is 3. The van der Waals surface area contributed by atoms with E-state index in [-0.39, 0.29) is 11.2 Å². The summed E-state index contributed by atoms with van der Waals surface area (Å²) in [7, 11) is 1.60. The lowest BCUT2D eigenvalue weighted by atomic mass is 10.2. The number of unbranched alkanes of at least 4 members (excludes halogenated alkanes) is 3. The molecule has 2 heterocycles. The number of hydrogen-bond acceptors (Lipinski definition) is 4. The van der Waals surface area contributed by atoms with Crippen molar-refractivity contribution in [3.05, 3.63) is 26.7 Å². The summed E-state index contributed by atoms with van der Waals surface area (Å²) in [6.45, 7) is 2.10. The summed E-state index contributed by atoms with van der Waals surface area (Å²) in [5, 5.41) is 0. The molecule has 0 aromatic carbocycles. The topological polar surface area (TPSA) is 89.8 Å². The molecule has 0 bridgehead atoms. The fourth-order valence-corrected chi connectivity index (χ4v) is 2.24. The molecule has 0 saturated carbocycles. The Morgan fingerprint density at radius 1 is 1.25 bits per heavy atom. The lowest BCUT2D eigenvalue weighted by Gasteiger charge is -2.07. The van der Waals surface area contributed by atoms with Crippen molar-refractivity contribution in [2.75, 3.05) is 0 Å². The normalized spacial score (nSPS) is 11.1. The molecule has 0 spiro atoms. The van der Waals surface area contributed by atoms with Gasteiger partial charge in [-0.05, 0) is 19.8 Å². The summed E-state index contributed by atoms with van der Waals surface area (Å²) < 4.78 is 2.60. The van der Waals surface area contributed by atoms with Crippen LogP contribution in [-0.2, 0) is 18.4 Å². The van der Waals surface area contributed by atoms with E-state index in [1.54, 1.807) is 14.0 Å². The SMILES string of the molecule is Cc1nc2c([nH]1)c(=O)n(CCCCCC=O)c(=O)n2C. The molecule has 0 saturated heterocycles. The maximum absolute atomic E-state index is 12.3. The summed E-state index contributed by atoms with van der Waals surface area (Å²) >= 11 is 0. The predicted octanol–water partition coefficient (Wildman–Crippen LogP) is 0.491. The van der Waals surface area contributed by atoms with Gasteiger partial charge in [-0.15, -0.1) is 0 Å². The first-order chi connectivity index (χ1) is 9.56. The highest BCUT2D eigenvalue weighted by Crippen LogP contribution is 2.04.